The van der Waals surface area contributed by atoms with E-state index in [1.807, 2.05) is 35.2 Å². The molecule has 0 spiro atoms. The maximum Gasteiger partial charge on any atom is 0.224 e. The van der Waals surface area contributed by atoms with Crippen LogP contribution in [0.2, 0.25) is 0 Å². The van der Waals surface area contributed by atoms with E-state index in [1.165, 1.54) is 6.42 Å². The quantitative estimate of drug-likeness (QED) is 0.908. The van der Waals surface area contributed by atoms with Gasteiger partial charge in [-0.1, -0.05) is 30.3 Å². The summed E-state index contributed by atoms with van der Waals surface area (Å²) in [6.07, 6.45) is 2.64. The smallest absolute Gasteiger partial charge is 0.224 e. The molecule has 0 bridgehead atoms. The highest BCUT2D eigenvalue weighted by Gasteiger charge is 2.25. The van der Waals surface area contributed by atoms with Gasteiger partial charge in [0.2, 0.25) is 5.91 Å². The van der Waals surface area contributed by atoms with Gasteiger partial charge >= 0.3 is 0 Å². The lowest BCUT2D eigenvalue weighted by Gasteiger charge is -2.36. The number of hydrogen-bond acceptors (Lipinski definition) is 3. The van der Waals surface area contributed by atoms with Gasteiger partial charge in [-0.2, -0.15) is 0 Å². The maximum absolute atomic E-state index is 12.4. The second kappa shape index (κ2) is 6.86. The number of carbonyl (C=O) groups is 1. The Labute approximate surface area is 121 Å². The molecule has 1 aromatic rings. The molecule has 2 rings (SSSR count). The predicted octanol–water partition coefficient (Wildman–Crippen LogP) is 1.63. The van der Waals surface area contributed by atoms with Crippen molar-refractivity contribution < 1.29 is 4.79 Å². The molecular weight excluding hydrogens is 250 g/mol. The van der Waals surface area contributed by atoms with Crippen molar-refractivity contribution in [2.75, 3.05) is 27.2 Å². The van der Waals surface area contributed by atoms with Crippen LogP contribution in [0.5, 0.6) is 0 Å². The zero-order valence-corrected chi connectivity index (χ0v) is 12.5. The average Bonchev–Trinajstić information content (AvgIpc) is 2.48. The van der Waals surface area contributed by atoms with E-state index in [-0.39, 0.29) is 11.9 Å². The molecule has 0 aromatic heterocycles. The zero-order chi connectivity index (χ0) is 14.5. The van der Waals surface area contributed by atoms with Crippen molar-refractivity contribution in [2.24, 2.45) is 5.73 Å². The van der Waals surface area contributed by atoms with E-state index in [0.717, 1.165) is 25.1 Å². The fraction of sp³-hybridized carbons (Fsp3) is 0.562. The molecule has 1 aliphatic heterocycles. The number of benzene rings is 1. The van der Waals surface area contributed by atoms with Gasteiger partial charge in [0, 0.05) is 31.6 Å². The molecule has 1 amide bonds. The second-order valence-corrected chi connectivity index (χ2v) is 5.82. The number of rotatable bonds is 4. The minimum atomic E-state index is -0.205. The molecule has 2 atom stereocenters. The molecule has 110 valence electrons. The van der Waals surface area contributed by atoms with Crippen molar-refractivity contribution in [3.05, 3.63) is 35.9 Å². The Bertz CT molecular complexity index is 433. The molecule has 1 heterocycles. The Kier molecular flexibility index (Phi) is 5.15. The van der Waals surface area contributed by atoms with Crippen molar-refractivity contribution in [1.82, 2.24) is 9.80 Å². The van der Waals surface area contributed by atoms with Gasteiger partial charge in [-0.25, -0.2) is 0 Å². The van der Waals surface area contributed by atoms with E-state index in [9.17, 15) is 4.79 Å². The summed E-state index contributed by atoms with van der Waals surface area (Å²) >= 11 is 0. The topological polar surface area (TPSA) is 49.6 Å². The molecule has 20 heavy (non-hydrogen) atoms. The minimum absolute atomic E-state index is 0.174. The lowest BCUT2D eigenvalue weighted by atomic mass is 10.0. The fourth-order valence-electron chi connectivity index (χ4n) is 2.74. The molecule has 1 aliphatic rings. The zero-order valence-electron chi connectivity index (χ0n) is 12.5. The minimum Gasteiger partial charge on any atom is -0.341 e. The second-order valence-electron chi connectivity index (χ2n) is 5.82. The van der Waals surface area contributed by atoms with Crippen LogP contribution >= 0.6 is 0 Å². The summed E-state index contributed by atoms with van der Waals surface area (Å²) in [4.78, 5) is 16.6. The molecule has 1 fully saturated rings. The normalized spacial score (nSPS) is 21.0. The number of carbonyl (C=O) groups excluding carboxylic acids is 1. The summed E-state index contributed by atoms with van der Waals surface area (Å²) in [5.74, 6) is 0.174. The first-order chi connectivity index (χ1) is 9.58. The van der Waals surface area contributed by atoms with E-state index in [1.54, 1.807) is 0 Å². The van der Waals surface area contributed by atoms with Crippen molar-refractivity contribution in [1.29, 1.82) is 0 Å². The number of nitrogens with zero attached hydrogens (tertiary/aromatic N) is 2. The monoisotopic (exact) mass is 275 g/mol. The molecule has 4 nitrogen and oxygen atoms in total. The molecule has 0 saturated carbocycles. The number of hydrogen-bond donors (Lipinski definition) is 1. The maximum atomic E-state index is 12.4. The molecule has 2 unspecified atom stereocenters. The third kappa shape index (κ3) is 3.81. The standard InChI is InChI=1S/C16H25N3O/c1-18(2)14-9-6-10-19(12-14)16(20)11-15(17)13-7-4-3-5-8-13/h3-5,7-8,14-15H,6,9-12,17H2,1-2H3. The summed E-state index contributed by atoms with van der Waals surface area (Å²) < 4.78 is 0. The Morgan fingerprint density at radius 2 is 2.10 bits per heavy atom. The summed E-state index contributed by atoms with van der Waals surface area (Å²) in [6, 6.07) is 10.1. The highest BCUT2D eigenvalue weighted by molar-refractivity contribution is 5.77. The Morgan fingerprint density at radius 3 is 2.75 bits per heavy atom. The van der Waals surface area contributed by atoms with E-state index < -0.39 is 0 Å². The highest BCUT2D eigenvalue weighted by atomic mass is 16.2. The Morgan fingerprint density at radius 1 is 1.40 bits per heavy atom. The van der Waals surface area contributed by atoms with E-state index in [4.69, 9.17) is 5.73 Å². The van der Waals surface area contributed by atoms with Crippen LogP contribution in [0.25, 0.3) is 0 Å². The lowest BCUT2D eigenvalue weighted by molar-refractivity contribution is -0.133. The Hall–Kier alpha value is -1.39. The third-order valence-corrected chi connectivity index (χ3v) is 4.10. The predicted molar refractivity (Wildman–Crippen MR) is 81.3 cm³/mol. The van der Waals surface area contributed by atoms with Gasteiger partial charge in [-0.3, -0.25) is 4.79 Å². The van der Waals surface area contributed by atoms with Gasteiger partial charge in [0.25, 0.3) is 0 Å². The van der Waals surface area contributed by atoms with Gasteiger partial charge < -0.3 is 15.5 Å². The molecule has 0 aliphatic carbocycles. The Balaban J connectivity index is 1.91. The van der Waals surface area contributed by atoms with E-state index in [2.05, 4.69) is 19.0 Å². The van der Waals surface area contributed by atoms with Crippen LogP contribution in [0.4, 0.5) is 0 Å². The van der Waals surface area contributed by atoms with Crippen molar-refractivity contribution in [2.45, 2.75) is 31.3 Å². The van der Waals surface area contributed by atoms with Gasteiger partial charge in [-0.05, 0) is 32.5 Å². The number of likely N-dealkylation sites (N-methyl/N-ethyl adjacent to an activating group) is 1. The molecule has 1 aromatic carbocycles. The molecular formula is C16H25N3O. The largest absolute Gasteiger partial charge is 0.341 e. The van der Waals surface area contributed by atoms with Gasteiger partial charge in [0.1, 0.15) is 0 Å². The van der Waals surface area contributed by atoms with Crippen molar-refractivity contribution in [3.8, 4) is 0 Å². The summed E-state index contributed by atoms with van der Waals surface area (Å²) in [5.41, 5.74) is 7.17. The highest BCUT2D eigenvalue weighted by Crippen LogP contribution is 2.18. The average molecular weight is 275 g/mol. The first-order valence-electron chi connectivity index (χ1n) is 7.32. The summed E-state index contributed by atoms with van der Waals surface area (Å²) in [5, 5.41) is 0. The number of nitrogens with two attached hydrogens (primary N) is 1. The van der Waals surface area contributed by atoms with Crippen LogP contribution in [0, 0.1) is 0 Å². The summed E-state index contributed by atoms with van der Waals surface area (Å²) in [6.45, 7) is 1.69. The number of piperidine rings is 1. The first-order valence-corrected chi connectivity index (χ1v) is 7.32. The van der Waals surface area contributed by atoms with Crippen LogP contribution in [-0.4, -0.2) is 48.9 Å². The van der Waals surface area contributed by atoms with Crippen molar-refractivity contribution in [3.63, 3.8) is 0 Å². The molecule has 2 N–H and O–H groups in total. The SMILES string of the molecule is CN(C)C1CCCN(C(=O)CC(N)c2ccccc2)C1. The van der Waals surface area contributed by atoms with E-state index in [0.29, 0.717) is 12.5 Å². The first kappa shape index (κ1) is 15.0. The van der Waals surface area contributed by atoms with Crippen LogP contribution in [0.1, 0.15) is 30.9 Å². The molecule has 4 heteroatoms. The van der Waals surface area contributed by atoms with Crippen LogP contribution in [0.15, 0.2) is 30.3 Å². The summed E-state index contributed by atoms with van der Waals surface area (Å²) in [7, 11) is 4.16. The van der Waals surface area contributed by atoms with Gasteiger partial charge in [0.15, 0.2) is 0 Å². The third-order valence-electron chi connectivity index (χ3n) is 4.10. The van der Waals surface area contributed by atoms with Crippen LogP contribution < -0.4 is 5.73 Å². The fourth-order valence-corrected chi connectivity index (χ4v) is 2.74. The van der Waals surface area contributed by atoms with E-state index >= 15 is 0 Å². The van der Waals surface area contributed by atoms with Gasteiger partial charge in [0.05, 0.1) is 0 Å². The molecule has 0 radical (unpaired) electrons. The van der Waals surface area contributed by atoms with Crippen LogP contribution in [0.3, 0.4) is 0 Å². The number of likely N-dealkylation sites (tertiary alicyclic amines) is 1. The van der Waals surface area contributed by atoms with Gasteiger partial charge in [-0.15, -0.1) is 0 Å². The lowest BCUT2D eigenvalue weighted by Crippen LogP contribution is -2.48. The molecule has 1 saturated heterocycles. The van der Waals surface area contributed by atoms with Crippen molar-refractivity contribution >= 4 is 5.91 Å². The number of amides is 1. The van der Waals surface area contributed by atoms with Crippen LogP contribution in [-0.2, 0) is 4.79 Å².